The maximum atomic E-state index is 12.8. The molecular weight excluding hydrogens is 299 g/mol. The van der Waals surface area contributed by atoms with Crippen molar-refractivity contribution in [1.82, 2.24) is 15.0 Å². The lowest BCUT2D eigenvalue weighted by Gasteiger charge is -2.12. The third-order valence-electron chi connectivity index (χ3n) is 3.21. The number of nitrogens with zero attached hydrogens (tertiary/aromatic N) is 3. The molecule has 0 aliphatic carbocycles. The van der Waals surface area contributed by atoms with E-state index >= 15 is 0 Å². The van der Waals surface area contributed by atoms with Crippen molar-refractivity contribution in [1.29, 1.82) is 0 Å². The molecule has 0 radical (unpaired) electrons. The zero-order valence-electron chi connectivity index (χ0n) is 12.2. The summed E-state index contributed by atoms with van der Waals surface area (Å²) >= 11 is 1.64. The molecule has 6 heteroatoms. The van der Waals surface area contributed by atoms with Crippen LogP contribution in [-0.4, -0.2) is 15.0 Å². The van der Waals surface area contributed by atoms with Gasteiger partial charge in [-0.25, -0.2) is 19.3 Å². The molecule has 1 aromatic carbocycles. The van der Waals surface area contributed by atoms with Gasteiger partial charge in [0.15, 0.2) is 5.82 Å². The minimum Gasteiger partial charge on any atom is -0.347 e. The monoisotopic (exact) mass is 314 g/mol. The molecule has 22 heavy (non-hydrogen) atoms. The molecule has 1 atom stereocenters. The van der Waals surface area contributed by atoms with Crippen LogP contribution in [0.4, 0.5) is 10.3 Å². The predicted molar refractivity (Wildman–Crippen MR) is 86.3 cm³/mol. The van der Waals surface area contributed by atoms with Gasteiger partial charge in [-0.15, -0.1) is 11.3 Å². The summed E-state index contributed by atoms with van der Waals surface area (Å²) in [5.41, 5.74) is 2.08. The average Bonchev–Trinajstić information content (AvgIpc) is 2.92. The molecule has 0 saturated heterocycles. The van der Waals surface area contributed by atoms with Gasteiger partial charge in [-0.2, -0.15) is 0 Å². The molecule has 2 heterocycles. The quantitative estimate of drug-likeness (QED) is 0.783. The first kappa shape index (κ1) is 14.6. The average molecular weight is 314 g/mol. The van der Waals surface area contributed by atoms with E-state index in [9.17, 15) is 4.39 Å². The smallest absolute Gasteiger partial charge is 0.223 e. The van der Waals surface area contributed by atoms with Crippen molar-refractivity contribution in [2.45, 2.75) is 19.9 Å². The predicted octanol–water partition coefficient (Wildman–Crippen LogP) is 4.22. The lowest BCUT2D eigenvalue weighted by Crippen LogP contribution is -2.09. The summed E-state index contributed by atoms with van der Waals surface area (Å²) in [6.07, 6.45) is 2.30. The summed E-state index contributed by atoms with van der Waals surface area (Å²) in [6.45, 7) is 4.00. The van der Waals surface area contributed by atoms with E-state index in [2.05, 4.69) is 20.3 Å². The summed E-state index contributed by atoms with van der Waals surface area (Å²) in [5, 5.41) is 4.16. The Balaban J connectivity index is 1.82. The Kier molecular flexibility index (Phi) is 4.11. The van der Waals surface area contributed by atoms with Gasteiger partial charge >= 0.3 is 0 Å². The Morgan fingerprint density at radius 3 is 2.50 bits per heavy atom. The number of nitrogens with one attached hydrogen (secondary N) is 1. The standard InChI is InChI=1S/C16H15FN4S/c1-10-14(11(2)21-16-18-8-13(17)9-19-16)22-15(20-10)12-6-4-3-5-7-12/h3-9,11H,1-2H3,(H,18,19,21). The SMILES string of the molecule is Cc1nc(-c2ccccc2)sc1C(C)Nc1ncc(F)cn1. The fourth-order valence-electron chi connectivity index (χ4n) is 2.16. The second-order valence-corrected chi connectivity index (χ2v) is 5.96. The highest BCUT2D eigenvalue weighted by Gasteiger charge is 2.16. The van der Waals surface area contributed by atoms with Crippen LogP contribution in [0.15, 0.2) is 42.7 Å². The summed E-state index contributed by atoms with van der Waals surface area (Å²) in [5.74, 6) is -0.0403. The molecule has 1 unspecified atom stereocenters. The molecule has 0 bridgehead atoms. The first-order valence-corrected chi connectivity index (χ1v) is 7.72. The molecule has 0 aliphatic heterocycles. The first-order valence-electron chi connectivity index (χ1n) is 6.90. The number of benzene rings is 1. The molecule has 0 aliphatic rings. The van der Waals surface area contributed by atoms with E-state index in [-0.39, 0.29) is 6.04 Å². The van der Waals surface area contributed by atoms with Crippen molar-refractivity contribution >= 4 is 17.3 Å². The van der Waals surface area contributed by atoms with Crippen molar-refractivity contribution in [3.05, 3.63) is 59.1 Å². The van der Waals surface area contributed by atoms with Crippen LogP contribution in [0.5, 0.6) is 0 Å². The molecule has 112 valence electrons. The molecule has 0 amide bonds. The molecular formula is C16H15FN4S. The summed E-state index contributed by atoms with van der Waals surface area (Å²) in [4.78, 5) is 13.6. The normalized spacial score (nSPS) is 12.1. The zero-order valence-corrected chi connectivity index (χ0v) is 13.1. The van der Waals surface area contributed by atoms with Crippen molar-refractivity contribution in [2.75, 3.05) is 5.32 Å². The molecule has 3 rings (SSSR count). The number of rotatable bonds is 4. The van der Waals surface area contributed by atoms with Crippen LogP contribution in [0, 0.1) is 12.7 Å². The van der Waals surface area contributed by atoms with Gasteiger partial charge in [-0.05, 0) is 13.8 Å². The van der Waals surface area contributed by atoms with E-state index in [0.717, 1.165) is 33.5 Å². The largest absolute Gasteiger partial charge is 0.347 e. The van der Waals surface area contributed by atoms with Crippen molar-refractivity contribution < 1.29 is 4.39 Å². The highest BCUT2D eigenvalue weighted by Crippen LogP contribution is 2.32. The van der Waals surface area contributed by atoms with E-state index in [1.807, 2.05) is 44.2 Å². The van der Waals surface area contributed by atoms with E-state index in [1.54, 1.807) is 11.3 Å². The third kappa shape index (κ3) is 3.12. The number of halogens is 1. The minimum atomic E-state index is -0.446. The number of thiazole rings is 1. The van der Waals surface area contributed by atoms with Crippen LogP contribution in [0.2, 0.25) is 0 Å². The fourth-order valence-corrected chi connectivity index (χ4v) is 3.23. The fraction of sp³-hybridized carbons (Fsp3) is 0.188. The number of hydrogen-bond donors (Lipinski definition) is 1. The number of hydrogen-bond acceptors (Lipinski definition) is 5. The second kappa shape index (κ2) is 6.19. The summed E-state index contributed by atoms with van der Waals surface area (Å²) < 4.78 is 12.8. The third-order valence-corrected chi connectivity index (χ3v) is 4.60. The van der Waals surface area contributed by atoms with Crippen LogP contribution < -0.4 is 5.32 Å². The Morgan fingerprint density at radius 2 is 1.82 bits per heavy atom. The van der Waals surface area contributed by atoms with Gasteiger partial charge in [-0.3, -0.25) is 0 Å². The molecule has 2 aromatic heterocycles. The molecule has 4 nitrogen and oxygen atoms in total. The number of aromatic nitrogens is 3. The van der Waals surface area contributed by atoms with Gasteiger partial charge in [0.1, 0.15) is 5.01 Å². The Labute approximate surface area is 132 Å². The molecule has 3 aromatic rings. The molecule has 0 spiro atoms. The van der Waals surface area contributed by atoms with Crippen LogP contribution in [-0.2, 0) is 0 Å². The minimum absolute atomic E-state index is 0.000392. The Hall–Kier alpha value is -2.34. The maximum absolute atomic E-state index is 12.8. The molecule has 0 saturated carbocycles. The van der Waals surface area contributed by atoms with Gasteiger partial charge in [0.05, 0.1) is 29.0 Å². The topological polar surface area (TPSA) is 50.7 Å². The van der Waals surface area contributed by atoms with Gasteiger partial charge in [-0.1, -0.05) is 30.3 Å². The van der Waals surface area contributed by atoms with Crippen molar-refractivity contribution in [3.8, 4) is 10.6 Å². The first-order chi connectivity index (χ1) is 10.6. The van der Waals surface area contributed by atoms with Crippen molar-refractivity contribution in [2.24, 2.45) is 0 Å². The van der Waals surface area contributed by atoms with E-state index < -0.39 is 5.82 Å². The van der Waals surface area contributed by atoms with Crippen LogP contribution >= 0.6 is 11.3 Å². The maximum Gasteiger partial charge on any atom is 0.223 e. The second-order valence-electron chi connectivity index (χ2n) is 4.93. The summed E-state index contributed by atoms with van der Waals surface area (Å²) in [6, 6.07) is 10.1. The number of anilines is 1. The van der Waals surface area contributed by atoms with E-state index in [0.29, 0.717) is 5.95 Å². The van der Waals surface area contributed by atoms with Gasteiger partial charge in [0.2, 0.25) is 5.95 Å². The van der Waals surface area contributed by atoms with E-state index in [1.165, 1.54) is 0 Å². The summed E-state index contributed by atoms with van der Waals surface area (Å²) in [7, 11) is 0. The highest BCUT2D eigenvalue weighted by atomic mass is 32.1. The molecule has 1 N–H and O–H groups in total. The van der Waals surface area contributed by atoms with E-state index in [4.69, 9.17) is 0 Å². The molecule has 0 fully saturated rings. The lowest BCUT2D eigenvalue weighted by atomic mass is 10.2. The lowest BCUT2D eigenvalue weighted by molar-refractivity contribution is 0.613. The Bertz CT molecular complexity index is 756. The van der Waals surface area contributed by atoms with Crippen molar-refractivity contribution in [3.63, 3.8) is 0 Å². The highest BCUT2D eigenvalue weighted by molar-refractivity contribution is 7.15. The number of aryl methyl sites for hydroxylation is 1. The van der Waals surface area contributed by atoms with Gasteiger partial charge < -0.3 is 5.32 Å². The van der Waals surface area contributed by atoms with Crippen LogP contribution in [0.1, 0.15) is 23.5 Å². The Morgan fingerprint density at radius 1 is 1.14 bits per heavy atom. The van der Waals surface area contributed by atoms with Crippen LogP contribution in [0.25, 0.3) is 10.6 Å². The van der Waals surface area contributed by atoms with Gasteiger partial charge in [0, 0.05) is 5.56 Å². The van der Waals surface area contributed by atoms with Crippen LogP contribution in [0.3, 0.4) is 0 Å². The zero-order chi connectivity index (χ0) is 15.5. The van der Waals surface area contributed by atoms with Gasteiger partial charge in [0.25, 0.3) is 0 Å².